The molecule has 0 aromatic heterocycles. The molecule has 144 valence electrons. The first-order valence-electron chi connectivity index (χ1n) is 10.8. The fourth-order valence-corrected chi connectivity index (χ4v) is 3.12. The van der Waals surface area contributed by atoms with Gasteiger partial charge in [-0.2, -0.15) is 0 Å². The Hall–Kier alpha value is -0.530. The topological polar surface area (TPSA) is 26.3 Å². The van der Waals surface area contributed by atoms with Crippen molar-refractivity contribution in [2.45, 2.75) is 118 Å². The van der Waals surface area contributed by atoms with Crippen LogP contribution in [0.3, 0.4) is 0 Å². The monoisotopic (exact) mass is 340 g/mol. The van der Waals surface area contributed by atoms with Gasteiger partial charge in [-0.1, -0.05) is 105 Å². The Labute approximate surface area is 152 Å². The lowest BCUT2D eigenvalue weighted by molar-refractivity contribution is -0.148. The smallest absolute Gasteiger partial charge is 0.308 e. The standard InChI is InChI=1S/C22H44O2/c1-5-7-16-20(3)17-14-12-10-9-11-13-15-19-24-22(23)21(4)18-8-6-2/h20-21H,5-19H2,1-4H3. The van der Waals surface area contributed by atoms with E-state index in [4.69, 9.17) is 4.74 Å². The predicted molar refractivity (Wildman–Crippen MR) is 105 cm³/mol. The van der Waals surface area contributed by atoms with Crippen molar-refractivity contribution in [2.75, 3.05) is 6.61 Å². The van der Waals surface area contributed by atoms with E-state index in [9.17, 15) is 4.79 Å². The fourth-order valence-electron chi connectivity index (χ4n) is 3.12. The molecule has 0 amide bonds. The van der Waals surface area contributed by atoms with E-state index in [2.05, 4.69) is 20.8 Å². The molecule has 0 aliphatic rings. The maximum absolute atomic E-state index is 11.8. The molecule has 0 saturated heterocycles. The number of hydrogen-bond acceptors (Lipinski definition) is 2. The van der Waals surface area contributed by atoms with Crippen LogP contribution in [0.2, 0.25) is 0 Å². The van der Waals surface area contributed by atoms with Gasteiger partial charge >= 0.3 is 5.97 Å². The zero-order valence-electron chi connectivity index (χ0n) is 17.1. The number of esters is 1. The minimum Gasteiger partial charge on any atom is -0.465 e. The van der Waals surface area contributed by atoms with Crippen LogP contribution in [0.1, 0.15) is 118 Å². The van der Waals surface area contributed by atoms with Crippen molar-refractivity contribution >= 4 is 5.97 Å². The second kappa shape index (κ2) is 17.3. The Morgan fingerprint density at radius 2 is 1.21 bits per heavy atom. The number of unbranched alkanes of at least 4 members (excludes halogenated alkanes) is 8. The molecule has 0 aliphatic heterocycles. The minimum absolute atomic E-state index is 0.000595. The van der Waals surface area contributed by atoms with Crippen molar-refractivity contribution in [3.8, 4) is 0 Å². The second-order valence-corrected chi connectivity index (χ2v) is 7.72. The third kappa shape index (κ3) is 15.0. The second-order valence-electron chi connectivity index (χ2n) is 7.72. The summed E-state index contributed by atoms with van der Waals surface area (Å²) in [5, 5.41) is 0. The van der Waals surface area contributed by atoms with Crippen molar-refractivity contribution < 1.29 is 9.53 Å². The number of carbonyl (C=O) groups is 1. The third-order valence-corrected chi connectivity index (χ3v) is 5.03. The van der Waals surface area contributed by atoms with Crippen LogP contribution in [0.4, 0.5) is 0 Å². The van der Waals surface area contributed by atoms with E-state index in [-0.39, 0.29) is 11.9 Å². The van der Waals surface area contributed by atoms with Crippen molar-refractivity contribution in [2.24, 2.45) is 11.8 Å². The van der Waals surface area contributed by atoms with Gasteiger partial charge in [-0.3, -0.25) is 4.79 Å². The SMILES string of the molecule is CCCCC(C)CCCCCCCCCOC(=O)C(C)CCCC. The quantitative estimate of drug-likeness (QED) is 0.205. The lowest BCUT2D eigenvalue weighted by Gasteiger charge is -2.11. The van der Waals surface area contributed by atoms with Crippen LogP contribution in [0, 0.1) is 11.8 Å². The molecule has 0 spiro atoms. The third-order valence-electron chi connectivity index (χ3n) is 5.03. The van der Waals surface area contributed by atoms with E-state index < -0.39 is 0 Å². The van der Waals surface area contributed by atoms with Crippen LogP contribution in [-0.4, -0.2) is 12.6 Å². The molecule has 0 rings (SSSR count). The van der Waals surface area contributed by atoms with E-state index in [1.807, 2.05) is 6.92 Å². The van der Waals surface area contributed by atoms with Gasteiger partial charge in [0.2, 0.25) is 0 Å². The maximum Gasteiger partial charge on any atom is 0.308 e. The number of rotatable bonds is 17. The minimum atomic E-state index is 0.000595. The zero-order chi connectivity index (χ0) is 18.0. The first-order chi connectivity index (χ1) is 11.6. The summed E-state index contributed by atoms with van der Waals surface area (Å²) in [6.07, 6.45) is 17.8. The molecule has 2 heteroatoms. The maximum atomic E-state index is 11.8. The summed E-state index contributed by atoms with van der Waals surface area (Å²) in [7, 11) is 0. The molecule has 0 N–H and O–H groups in total. The first-order valence-corrected chi connectivity index (χ1v) is 10.8. The van der Waals surface area contributed by atoms with E-state index in [0.29, 0.717) is 6.61 Å². The number of ether oxygens (including phenoxy) is 1. The average molecular weight is 341 g/mol. The van der Waals surface area contributed by atoms with E-state index in [1.165, 1.54) is 64.2 Å². The van der Waals surface area contributed by atoms with Crippen LogP contribution in [0.25, 0.3) is 0 Å². The summed E-state index contributed by atoms with van der Waals surface area (Å²) < 4.78 is 5.37. The molecule has 0 radical (unpaired) electrons. The van der Waals surface area contributed by atoms with Gasteiger partial charge in [-0.15, -0.1) is 0 Å². The predicted octanol–water partition coefficient (Wildman–Crippen LogP) is 7.30. The molecule has 0 aliphatic carbocycles. The lowest BCUT2D eigenvalue weighted by atomic mass is 9.97. The molecule has 0 saturated carbocycles. The Kier molecular flexibility index (Phi) is 16.9. The van der Waals surface area contributed by atoms with Gasteiger partial charge < -0.3 is 4.74 Å². The van der Waals surface area contributed by atoms with Gasteiger partial charge in [0.25, 0.3) is 0 Å². The zero-order valence-corrected chi connectivity index (χ0v) is 17.1. The first kappa shape index (κ1) is 23.5. The van der Waals surface area contributed by atoms with Crippen molar-refractivity contribution in [3.05, 3.63) is 0 Å². The van der Waals surface area contributed by atoms with E-state index in [1.54, 1.807) is 0 Å². The van der Waals surface area contributed by atoms with Crippen molar-refractivity contribution in [3.63, 3.8) is 0 Å². The largest absolute Gasteiger partial charge is 0.465 e. The van der Waals surface area contributed by atoms with Crippen molar-refractivity contribution in [1.29, 1.82) is 0 Å². The van der Waals surface area contributed by atoms with Gasteiger partial charge in [0, 0.05) is 0 Å². The van der Waals surface area contributed by atoms with Gasteiger partial charge in [0.1, 0.15) is 0 Å². The number of carbonyl (C=O) groups excluding carboxylic acids is 1. The highest BCUT2D eigenvalue weighted by Crippen LogP contribution is 2.17. The van der Waals surface area contributed by atoms with Crippen molar-refractivity contribution in [1.82, 2.24) is 0 Å². The molecule has 2 unspecified atom stereocenters. The Bertz CT molecular complexity index is 275. The van der Waals surface area contributed by atoms with Crippen LogP contribution in [0.15, 0.2) is 0 Å². The molecule has 2 atom stereocenters. The summed E-state index contributed by atoms with van der Waals surface area (Å²) in [4.78, 5) is 11.8. The molecule has 0 aromatic rings. The summed E-state index contributed by atoms with van der Waals surface area (Å²) in [5.74, 6) is 0.990. The molecule has 0 heterocycles. The Balaban J connectivity index is 3.29. The van der Waals surface area contributed by atoms with Gasteiger partial charge in [-0.05, 0) is 18.8 Å². The van der Waals surface area contributed by atoms with Crippen LogP contribution < -0.4 is 0 Å². The summed E-state index contributed by atoms with van der Waals surface area (Å²) in [6.45, 7) is 9.44. The molecule has 0 bridgehead atoms. The molecule has 2 nitrogen and oxygen atoms in total. The Morgan fingerprint density at radius 1 is 0.708 bits per heavy atom. The molecule has 0 aromatic carbocycles. The molecule has 0 fully saturated rings. The summed E-state index contributed by atoms with van der Waals surface area (Å²) >= 11 is 0. The van der Waals surface area contributed by atoms with E-state index >= 15 is 0 Å². The van der Waals surface area contributed by atoms with E-state index in [0.717, 1.165) is 31.6 Å². The van der Waals surface area contributed by atoms with Crippen LogP contribution in [-0.2, 0) is 9.53 Å². The van der Waals surface area contributed by atoms with Gasteiger partial charge in [-0.25, -0.2) is 0 Å². The van der Waals surface area contributed by atoms with Gasteiger partial charge in [0.05, 0.1) is 12.5 Å². The summed E-state index contributed by atoms with van der Waals surface area (Å²) in [5.41, 5.74) is 0. The highest BCUT2D eigenvalue weighted by Gasteiger charge is 2.13. The van der Waals surface area contributed by atoms with Crippen LogP contribution in [0.5, 0.6) is 0 Å². The van der Waals surface area contributed by atoms with Gasteiger partial charge in [0.15, 0.2) is 0 Å². The Morgan fingerprint density at radius 3 is 1.83 bits per heavy atom. The molecular formula is C22H44O2. The lowest BCUT2D eigenvalue weighted by Crippen LogP contribution is -2.15. The normalized spacial score (nSPS) is 13.7. The average Bonchev–Trinajstić information content (AvgIpc) is 2.58. The molecule has 24 heavy (non-hydrogen) atoms. The highest BCUT2D eigenvalue weighted by atomic mass is 16.5. The fraction of sp³-hybridized carbons (Fsp3) is 0.955. The number of hydrogen-bond donors (Lipinski definition) is 0. The molecular weight excluding hydrogens is 296 g/mol. The summed E-state index contributed by atoms with van der Waals surface area (Å²) in [6, 6.07) is 0. The van der Waals surface area contributed by atoms with Crippen LogP contribution >= 0.6 is 0 Å². The highest BCUT2D eigenvalue weighted by molar-refractivity contribution is 5.71.